The van der Waals surface area contributed by atoms with Crippen molar-refractivity contribution >= 4 is 35.5 Å². The molecule has 0 aliphatic carbocycles. The third-order valence-corrected chi connectivity index (χ3v) is 12.7. The zero-order chi connectivity index (χ0) is 46.6. The average Bonchev–Trinajstić information content (AvgIpc) is 3.28. The largest absolute Gasteiger partial charge is 0.464 e. The second kappa shape index (κ2) is 36.7. The van der Waals surface area contributed by atoms with Gasteiger partial charge in [-0.2, -0.15) is 0 Å². The number of benzene rings is 1. The highest BCUT2D eigenvalue weighted by atomic mass is 16.5. The molecule has 4 amide bonds. The minimum absolute atomic E-state index is 0.145. The average molecular weight is 898 g/mol. The summed E-state index contributed by atoms with van der Waals surface area (Å²) in [5.41, 5.74) is 1.12. The van der Waals surface area contributed by atoms with Crippen molar-refractivity contribution in [3.63, 3.8) is 0 Å². The number of carbonyl (C=O) groups excluding carboxylic acids is 5. The van der Waals surface area contributed by atoms with Crippen molar-refractivity contribution in [2.45, 2.75) is 225 Å². The van der Waals surface area contributed by atoms with Crippen molar-refractivity contribution in [3.05, 3.63) is 29.8 Å². The highest BCUT2D eigenvalue weighted by molar-refractivity contribution is 6.18. The van der Waals surface area contributed by atoms with E-state index >= 15 is 0 Å². The van der Waals surface area contributed by atoms with E-state index in [9.17, 15) is 29.1 Å². The highest BCUT2D eigenvalue weighted by Gasteiger charge is 2.50. The van der Waals surface area contributed by atoms with Crippen molar-refractivity contribution in [1.82, 2.24) is 9.80 Å². The number of nitrogens with zero attached hydrogens (tertiary/aromatic N) is 3. The molecular weight excluding hydrogens is 807 g/mol. The molecule has 1 saturated heterocycles. The van der Waals surface area contributed by atoms with Gasteiger partial charge < -0.3 is 19.5 Å². The molecule has 1 fully saturated rings. The maximum atomic E-state index is 13.7. The van der Waals surface area contributed by atoms with Crippen LogP contribution in [0.1, 0.15) is 231 Å². The summed E-state index contributed by atoms with van der Waals surface area (Å²) in [6.07, 6.45) is 37.6. The number of ether oxygens (including phenoxy) is 2. The molecular formula is C53H91N3O8. The summed E-state index contributed by atoms with van der Waals surface area (Å²) >= 11 is 0. The van der Waals surface area contributed by atoms with Crippen LogP contribution in [0.2, 0.25) is 0 Å². The Balaban J connectivity index is 1.76. The van der Waals surface area contributed by atoms with Gasteiger partial charge in [0.1, 0.15) is 19.0 Å². The van der Waals surface area contributed by atoms with Crippen LogP contribution < -0.4 is 4.90 Å². The lowest BCUT2D eigenvalue weighted by Gasteiger charge is -2.37. The van der Waals surface area contributed by atoms with E-state index in [1.54, 1.807) is 24.3 Å². The maximum absolute atomic E-state index is 13.7. The Morgan fingerprint density at radius 3 is 1.06 bits per heavy atom. The van der Waals surface area contributed by atoms with Crippen LogP contribution in [0.5, 0.6) is 0 Å². The van der Waals surface area contributed by atoms with Gasteiger partial charge in [-0.15, -0.1) is 0 Å². The predicted molar refractivity (Wildman–Crippen MR) is 259 cm³/mol. The molecule has 0 aromatic heterocycles. The number of barbiturate groups is 1. The minimum atomic E-state index is -1.75. The second-order valence-electron chi connectivity index (χ2n) is 18.6. The highest BCUT2D eigenvalue weighted by Crippen LogP contribution is 2.31. The van der Waals surface area contributed by atoms with Gasteiger partial charge in [-0.25, -0.2) is 4.79 Å². The monoisotopic (exact) mass is 898 g/mol. The third-order valence-electron chi connectivity index (χ3n) is 12.7. The van der Waals surface area contributed by atoms with Crippen LogP contribution in [-0.4, -0.2) is 85.1 Å². The van der Waals surface area contributed by atoms with Gasteiger partial charge >= 0.3 is 18.0 Å². The van der Waals surface area contributed by atoms with Gasteiger partial charge in [-0.1, -0.05) is 219 Å². The number of rotatable bonds is 41. The molecule has 366 valence electrons. The standard InChI is InChI=1S/C53H91N3O8/c1-5-7-9-11-13-15-17-19-21-23-25-27-29-31-33-35-41-63-47(57)43-55-51(60)49(50(59)45-37-39-46(40-38-45)54(3)4)52(61)56(53(55)62)44-48(58)64-42-36-34-32-30-28-26-24-22-20-18-16-14-12-10-8-6-2/h37-40,49-50,59H,5-36,41-44H2,1-4H3. The van der Waals surface area contributed by atoms with E-state index in [4.69, 9.17) is 9.47 Å². The lowest BCUT2D eigenvalue weighted by atomic mass is 9.91. The Kier molecular flexibility index (Phi) is 32.5. The fourth-order valence-electron chi connectivity index (χ4n) is 8.52. The van der Waals surface area contributed by atoms with Crippen LogP contribution in [0.3, 0.4) is 0 Å². The van der Waals surface area contributed by atoms with E-state index in [-0.39, 0.29) is 18.8 Å². The number of anilines is 1. The fraction of sp³-hybridized carbons (Fsp3) is 0.792. The van der Waals surface area contributed by atoms with E-state index in [1.807, 2.05) is 19.0 Å². The van der Waals surface area contributed by atoms with Crippen molar-refractivity contribution in [1.29, 1.82) is 0 Å². The molecule has 11 nitrogen and oxygen atoms in total. The van der Waals surface area contributed by atoms with E-state index in [1.165, 1.54) is 154 Å². The predicted octanol–water partition coefficient (Wildman–Crippen LogP) is 12.8. The van der Waals surface area contributed by atoms with Crippen molar-refractivity contribution in [2.24, 2.45) is 5.92 Å². The smallest absolute Gasteiger partial charge is 0.334 e. The van der Waals surface area contributed by atoms with Crippen molar-refractivity contribution in [3.8, 4) is 0 Å². The van der Waals surface area contributed by atoms with E-state index in [0.717, 1.165) is 44.2 Å². The first-order chi connectivity index (χ1) is 31.1. The first kappa shape index (κ1) is 56.7. The molecule has 0 saturated carbocycles. The Morgan fingerprint density at radius 2 is 0.781 bits per heavy atom. The van der Waals surface area contributed by atoms with Gasteiger partial charge in [0.05, 0.1) is 19.3 Å². The van der Waals surface area contributed by atoms with Crippen LogP contribution >= 0.6 is 0 Å². The van der Waals surface area contributed by atoms with Gasteiger partial charge in [-0.05, 0) is 30.5 Å². The number of aliphatic hydroxyl groups is 1. The van der Waals surface area contributed by atoms with Gasteiger partial charge in [0.25, 0.3) is 0 Å². The Labute approximate surface area is 389 Å². The second-order valence-corrected chi connectivity index (χ2v) is 18.6. The molecule has 1 aromatic carbocycles. The molecule has 1 aliphatic heterocycles. The third kappa shape index (κ3) is 24.7. The van der Waals surface area contributed by atoms with Gasteiger partial charge in [-0.3, -0.25) is 29.0 Å². The van der Waals surface area contributed by atoms with Crippen LogP contribution in [0.4, 0.5) is 10.5 Å². The molecule has 1 unspecified atom stereocenters. The molecule has 11 heteroatoms. The summed E-state index contributed by atoms with van der Waals surface area (Å²) in [6.45, 7) is 3.32. The molecule has 2 rings (SSSR count). The number of aliphatic hydroxyl groups excluding tert-OH is 1. The van der Waals surface area contributed by atoms with Crippen LogP contribution in [-0.2, 0) is 28.7 Å². The number of carbonyl (C=O) groups is 5. The lowest BCUT2D eigenvalue weighted by Crippen LogP contribution is -2.62. The number of imide groups is 2. The molecule has 0 bridgehead atoms. The number of esters is 2. The fourth-order valence-corrected chi connectivity index (χ4v) is 8.52. The number of amides is 4. The van der Waals surface area contributed by atoms with Gasteiger partial charge in [0.2, 0.25) is 11.8 Å². The normalized spacial score (nSPS) is 13.8. The maximum Gasteiger partial charge on any atom is 0.334 e. The lowest BCUT2D eigenvalue weighted by molar-refractivity contribution is -0.162. The molecule has 0 radical (unpaired) electrons. The SMILES string of the molecule is CCCCCCCCCCCCCCCCCCOC(=O)CN1C(=O)C(C(O)c2ccc(N(C)C)cc2)C(=O)N(CC(=O)OCCCCCCCCCCCCCCCCCC)C1=O. The minimum Gasteiger partial charge on any atom is -0.464 e. The Morgan fingerprint density at radius 1 is 0.500 bits per heavy atom. The molecule has 0 spiro atoms. The number of hydrogen-bond donors (Lipinski definition) is 1. The number of urea groups is 1. The van der Waals surface area contributed by atoms with E-state index < -0.39 is 54.9 Å². The quantitative estimate of drug-likeness (QED) is 0.0387. The molecule has 1 atom stereocenters. The summed E-state index contributed by atoms with van der Waals surface area (Å²) in [6, 6.07) is 5.57. The molecule has 64 heavy (non-hydrogen) atoms. The van der Waals surface area contributed by atoms with Crippen LogP contribution in [0.15, 0.2) is 24.3 Å². The summed E-state index contributed by atoms with van der Waals surface area (Å²) < 4.78 is 10.8. The molecule has 1 aromatic rings. The van der Waals surface area contributed by atoms with Crippen LogP contribution in [0, 0.1) is 5.92 Å². The van der Waals surface area contributed by atoms with Gasteiger partial charge in [0.15, 0.2) is 0 Å². The summed E-state index contributed by atoms with van der Waals surface area (Å²) in [4.78, 5) is 70.2. The number of unbranched alkanes of at least 4 members (excludes halogenated alkanes) is 30. The summed E-state index contributed by atoms with van der Waals surface area (Å²) in [5.74, 6) is -5.38. The first-order valence-corrected chi connectivity index (χ1v) is 26.1. The number of hydrogen-bond acceptors (Lipinski definition) is 9. The molecule has 1 aliphatic rings. The molecule has 1 heterocycles. The van der Waals surface area contributed by atoms with E-state index in [2.05, 4.69) is 13.8 Å². The zero-order valence-corrected chi connectivity index (χ0v) is 41.1. The van der Waals surface area contributed by atoms with E-state index in [0.29, 0.717) is 22.6 Å². The first-order valence-electron chi connectivity index (χ1n) is 26.1. The van der Waals surface area contributed by atoms with Crippen molar-refractivity contribution < 1.29 is 38.6 Å². The van der Waals surface area contributed by atoms with Crippen molar-refractivity contribution in [2.75, 3.05) is 45.3 Å². The Bertz CT molecular complexity index is 1330. The summed E-state index contributed by atoms with van der Waals surface area (Å²) in [5, 5.41) is 11.4. The zero-order valence-electron chi connectivity index (χ0n) is 41.1. The summed E-state index contributed by atoms with van der Waals surface area (Å²) in [7, 11) is 3.72. The van der Waals surface area contributed by atoms with Crippen LogP contribution in [0.25, 0.3) is 0 Å². The Hall–Kier alpha value is -3.47. The topological polar surface area (TPSA) is 134 Å². The van der Waals surface area contributed by atoms with Gasteiger partial charge in [0, 0.05) is 19.8 Å². The molecule has 1 N–H and O–H groups in total.